The lowest BCUT2D eigenvalue weighted by Crippen LogP contribution is -2.40. The van der Waals surface area contributed by atoms with Crippen molar-refractivity contribution in [1.82, 2.24) is 15.5 Å². The number of carbonyl (C=O) groups is 1. The van der Waals surface area contributed by atoms with Gasteiger partial charge in [0, 0.05) is 16.7 Å². The summed E-state index contributed by atoms with van der Waals surface area (Å²) in [5.74, 6) is 2.08. The molecular formula is C26H23N3O4. The highest BCUT2D eigenvalue weighted by Crippen LogP contribution is 2.35. The van der Waals surface area contributed by atoms with E-state index in [2.05, 4.69) is 15.5 Å². The van der Waals surface area contributed by atoms with Crippen molar-refractivity contribution < 1.29 is 18.7 Å². The maximum atomic E-state index is 12.9. The van der Waals surface area contributed by atoms with Crippen molar-refractivity contribution in [2.24, 2.45) is 0 Å². The van der Waals surface area contributed by atoms with Gasteiger partial charge in [0.1, 0.15) is 0 Å². The smallest absolute Gasteiger partial charge is 0.251 e. The number of nitrogens with zero attached hydrogens (tertiary/aromatic N) is 2. The molecule has 0 saturated heterocycles. The molecule has 0 aliphatic carbocycles. The molecule has 0 spiro atoms. The molecule has 1 aliphatic rings. The highest BCUT2D eigenvalue weighted by molar-refractivity contribution is 5.95. The summed E-state index contributed by atoms with van der Waals surface area (Å²) in [5, 5.41) is 11.4. The fraction of sp³-hybridized carbons (Fsp3) is 0.192. The van der Waals surface area contributed by atoms with Crippen molar-refractivity contribution in [3.8, 4) is 34.4 Å². The molecule has 7 heteroatoms. The van der Waals surface area contributed by atoms with Crippen molar-refractivity contribution in [2.75, 3.05) is 6.79 Å². The van der Waals surface area contributed by atoms with Gasteiger partial charge in [-0.2, -0.15) is 0 Å². The molecule has 3 aromatic carbocycles. The predicted octanol–water partition coefficient (Wildman–Crippen LogP) is 5.11. The van der Waals surface area contributed by atoms with E-state index in [1.165, 1.54) is 0 Å². The van der Waals surface area contributed by atoms with Crippen LogP contribution in [0.4, 0.5) is 0 Å². The second-order valence-corrected chi connectivity index (χ2v) is 8.45. The lowest BCUT2D eigenvalue weighted by atomic mass is 9.93. The van der Waals surface area contributed by atoms with E-state index in [1.54, 1.807) is 24.3 Å². The molecule has 0 unspecified atom stereocenters. The van der Waals surface area contributed by atoms with Crippen LogP contribution in [0.5, 0.6) is 11.5 Å². The standard InChI is InChI=1S/C26H23N3O4/c1-16-6-4-5-7-20(16)25-29-28-24(33-25)18-10-8-17(9-11-18)23(30)27-26(2,3)19-12-13-21-22(14-19)32-15-31-21/h4-14H,15H2,1-3H3,(H,27,30). The first-order valence-electron chi connectivity index (χ1n) is 10.6. The maximum absolute atomic E-state index is 12.9. The Labute approximate surface area is 191 Å². The largest absolute Gasteiger partial charge is 0.454 e. The molecule has 0 fully saturated rings. The fourth-order valence-electron chi connectivity index (χ4n) is 3.74. The molecular weight excluding hydrogens is 418 g/mol. The lowest BCUT2D eigenvalue weighted by Gasteiger charge is -2.27. The highest BCUT2D eigenvalue weighted by atomic mass is 16.7. The third-order valence-corrected chi connectivity index (χ3v) is 5.71. The molecule has 0 atom stereocenters. The van der Waals surface area contributed by atoms with Gasteiger partial charge in [-0.15, -0.1) is 10.2 Å². The molecule has 1 amide bonds. The van der Waals surface area contributed by atoms with Crippen molar-refractivity contribution >= 4 is 5.91 Å². The Balaban J connectivity index is 1.31. The molecule has 7 nitrogen and oxygen atoms in total. The summed E-state index contributed by atoms with van der Waals surface area (Å²) in [7, 11) is 0. The summed E-state index contributed by atoms with van der Waals surface area (Å²) in [5.41, 5.74) is 3.56. The Bertz CT molecular complexity index is 1330. The molecule has 33 heavy (non-hydrogen) atoms. The number of fused-ring (bicyclic) bond motifs is 1. The Kier molecular flexibility index (Phi) is 5.09. The van der Waals surface area contributed by atoms with Gasteiger partial charge in [-0.25, -0.2) is 0 Å². The van der Waals surface area contributed by atoms with Crippen molar-refractivity contribution in [1.29, 1.82) is 0 Å². The average molecular weight is 441 g/mol. The lowest BCUT2D eigenvalue weighted by molar-refractivity contribution is 0.0912. The van der Waals surface area contributed by atoms with E-state index in [9.17, 15) is 4.79 Å². The van der Waals surface area contributed by atoms with E-state index < -0.39 is 5.54 Å². The van der Waals surface area contributed by atoms with Crippen LogP contribution in [0, 0.1) is 6.92 Å². The predicted molar refractivity (Wildman–Crippen MR) is 123 cm³/mol. The number of benzene rings is 3. The van der Waals surface area contributed by atoms with Crippen LogP contribution in [0.25, 0.3) is 22.9 Å². The molecule has 1 N–H and O–H groups in total. The van der Waals surface area contributed by atoms with E-state index in [0.717, 1.165) is 22.3 Å². The van der Waals surface area contributed by atoms with Crippen molar-refractivity contribution in [3.63, 3.8) is 0 Å². The molecule has 4 aromatic rings. The second kappa shape index (κ2) is 8.09. The van der Waals surface area contributed by atoms with E-state index in [4.69, 9.17) is 13.9 Å². The average Bonchev–Trinajstić information content (AvgIpc) is 3.48. The van der Waals surface area contributed by atoms with Crippen molar-refractivity contribution in [3.05, 3.63) is 83.4 Å². The zero-order valence-corrected chi connectivity index (χ0v) is 18.6. The zero-order valence-electron chi connectivity index (χ0n) is 18.6. The van der Waals surface area contributed by atoms with Crippen LogP contribution in [0.2, 0.25) is 0 Å². The normalized spacial score (nSPS) is 12.6. The second-order valence-electron chi connectivity index (χ2n) is 8.45. The number of amides is 1. The summed E-state index contributed by atoms with van der Waals surface area (Å²) in [6.45, 7) is 6.10. The summed E-state index contributed by atoms with van der Waals surface area (Å²) in [4.78, 5) is 12.9. The van der Waals surface area contributed by atoms with E-state index in [-0.39, 0.29) is 12.7 Å². The Morgan fingerprint density at radius 2 is 1.64 bits per heavy atom. The van der Waals surface area contributed by atoms with Crippen LogP contribution in [-0.2, 0) is 5.54 Å². The van der Waals surface area contributed by atoms with Gasteiger partial charge < -0.3 is 19.2 Å². The number of carbonyl (C=O) groups excluding carboxylic acids is 1. The summed E-state index contributed by atoms with van der Waals surface area (Å²) >= 11 is 0. The first-order valence-corrected chi connectivity index (χ1v) is 10.6. The van der Waals surface area contributed by atoms with Crippen LogP contribution in [0.3, 0.4) is 0 Å². The number of aromatic nitrogens is 2. The van der Waals surface area contributed by atoms with Crippen LogP contribution < -0.4 is 14.8 Å². The third-order valence-electron chi connectivity index (χ3n) is 5.71. The maximum Gasteiger partial charge on any atom is 0.251 e. The molecule has 5 rings (SSSR count). The van der Waals surface area contributed by atoms with Gasteiger partial charge in [-0.1, -0.05) is 24.3 Å². The number of rotatable bonds is 5. The van der Waals surface area contributed by atoms with Gasteiger partial charge in [0.15, 0.2) is 11.5 Å². The number of hydrogen-bond donors (Lipinski definition) is 1. The van der Waals surface area contributed by atoms with Gasteiger partial charge in [0.2, 0.25) is 18.6 Å². The Hall–Kier alpha value is -4.13. The van der Waals surface area contributed by atoms with E-state index >= 15 is 0 Å². The number of nitrogens with one attached hydrogen (secondary N) is 1. The van der Waals surface area contributed by atoms with Crippen LogP contribution in [0.1, 0.15) is 35.3 Å². The molecule has 0 bridgehead atoms. The number of hydrogen-bond acceptors (Lipinski definition) is 6. The van der Waals surface area contributed by atoms with Crippen LogP contribution in [0.15, 0.2) is 71.1 Å². The van der Waals surface area contributed by atoms with Gasteiger partial charge in [0.25, 0.3) is 5.91 Å². The fourth-order valence-corrected chi connectivity index (χ4v) is 3.74. The minimum atomic E-state index is -0.605. The topological polar surface area (TPSA) is 86.5 Å². The summed E-state index contributed by atoms with van der Waals surface area (Å²) in [6.07, 6.45) is 0. The zero-order chi connectivity index (χ0) is 23.0. The van der Waals surface area contributed by atoms with E-state index in [0.29, 0.717) is 28.8 Å². The SMILES string of the molecule is Cc1ccccc1-c1nnc(-c2ccc(C(=O)NC(C)(C)c3ccc4c(c3)OCO4)cc2)o1. The molecule has 0 saturated carbocycles. The molecule has 1 aromatic heterocycles. The quantitative estimate of drug-likeness (QED) is 0.463. The summed E-state index contributed by atoms with van der Waals surface area (Å²) in [6, 6.07) is 20.6. The van der Waals surface area contributed by atoms with Gasteiger partial charge in [-0.05, 0) is 74.4 Å². The van der Waals surface area contributed by atoms with Gasteiger partial charge in [0.05, 0.1) is 5.54 Å². The Morgan fingerprint density at radius 1 is 0.909 bits per heavy atom. The van der Waals surface area contributed by atoms with Crippen LogP contribution in [-0.4, -0.2) is 22.9 Å². The molecule has 2 heterocycles. The molecule has 0 radical (unpaired) electrons. The molecule has 1 aliphatic heterocycles. The Morgan fingerprint density at radius 3 is 2.42 bits per heavy atom. The summed E-state index contributed by atoms with van der Waals surface area (Å²) < 4.78 is 16.7. The minimum absolute atomic E-state index is 0.185. The molecule has 166 valence electrons. The van der Waals surface area contributed by atoms with Crippen molar-refractivity contribution in [2.45, 2.75) is 26.3 Å². The number of ether oxygens (including phenoxy) is 2. The first-order chi connectivity index (χ1) is 15.9. The van der Waals surface area contributed by atoms with Gasteiger partial charge >= 0.3 is 0 Å². The number of aryl methyl sites for hydroxylation is 1. The van der Waals surface area contributed by atoms with E-state index in [1.807, 2.05) is 63.2 Å². The minimum Gasteiger partial charge on any atom is -0.454 e. The van der Waals surface area contributed by atoms with Gasteiger partial charge in [-0.3, -0.25) is 4.79 Å². The monoisotopic (exact) mass is 441 g/mol. The highest BCUT2D eigenvalue weighted by Gasteiger charge is 2.26. The third kappa shape index (κ3) is 4.05. The first kappa shape index (κ1) is 20.8. The van der Waals surface area contributed by atoms with Crippen LogP contribution >= 0.6 is 0 Å².